The Balaban J connectivity index is 1.11. The van der Waals surface area contributed by atoms with Gasteiger partial charge in [0.2, 0.25) is 0 Å². The van der Waals surface area contributed by atoms with Crippen LogP contribution in [0.15, 0.2) is 176 Å². The van der Waals surface area contributed by atoms with Crippen LogP contribution in [0.2, 0.25) is 0 Å². The Morgan fingerprint density at radius 1 is 0.385 bits per heavy atom. The molecule has 11 rings (SSSR count). The Bertz CT molecular complexity index is 3190. The Morgan fingerprint density at radius 3 is 1.92 bits per heavy atom. The molecule has 0 bridgehead atoms. The molecule has 0 aliphatic rings. The number of hydrogen-bond acceptors (Lipinski definition) is 3. The molecule has 4 heteroatoms. The summed E-state index contributed by atoms with van der Waals surface area (Å²) in [6, 6.07) is 63.2. The summed E-state index contributed by atoms with van der Waals surface area (Å²) in [4.78, 5) is 11.8. The summed E-state index contributed by atoms with van der Waals surface area (Å²) in [5.74, 6) is 0. The Kier molecular flexibility index (Phi) is 6.42. The summed E-state index contributed by atoms with van der Waals surface area (Å²) in [6.07, 6.45) is 0. The second-order valence-electron chi connectivity index (χ2n) is 13.4. The zero-order valence-electron chi connectivity index (χ0n) is 28.0. The van der Waals surface area contributed by atoms with Gasteiger partial charge in [-0.05, 0) is 75.1 Å². The van der Waals surface area contributed by atoms with E-state index in [0.717, 1.165) is 43.9 Å². The molecule has 3 nitrogen and oxygen atoms in total. The van der Waals surface area contributed by atoms with E-state index in [1.807, 2.05) is 0 Å². The molecule has 3 heterocycles. The fourth-order valence-electron chi connectivity index (χ4n) is 7.85. The molecular weight excluding hydrogens is 651 g/mol. The van der Waals surface area contributed by atoms with Gasteiger partial charge < -0.3 is 4.57 Å². The lowest BCUT2D eigenvalue weighted by Gasteiger charge is -2.13. The number of para-hydroxylation sites is 1. The first-order valence-corrected chi connectivity index (χ1v) is 18.4. The van der Waals surface area contributed by atoms with E-state index < -0.39 is 0 Å². The lowest BCUT2D eigenvalue weighted by molar-refractivity contribution is 1.18. The van der Waals surface area contributed by atoms with Crippen molar-refractivity contribution in [2.45, 2.75) is 0 Å². The molecule has 0 atom stereocenters. The molecule has 0 aliphatic carbocycles. The van der Waals surface area contributed by atoms with Crippen molar-refractivity contribution >= 4 is 75.1 Å². The van der Waals surface area contributed by atoms with Gasteiger partial charge in [0.25, 0.3) is 0 Å². The molecule has 52 heavy (non-hydrogen) atoms. The first-order valence-electron chi connectivity index (χ1n) is 17.6. The summed E-state index contributed by atoms with van der Waals surface area (Å²) in [7, 11) is 0. The van der Waals surface area contributed by atoms with Gasteiger partial charge in [-0.2, -0.15) is 0 Å². The Morgan fingerprint density at radius 2 is 1.06 bits per heavy atom. The van der Waals surface area contributed by atoms with E-state index >= 15 is 0 Å². The molecule has 0 saturated heterocycles. The van der Waals surface area contributed by atoms with E-state index in [1.54, 1.807) is 11.3 Å². The van der Waals surface area contributed by atoms with Crippen LogP contribution < -0.4 is 0 Å². The second-order valence-corrected chi connectivity index (χ2v) is 14.5. The third-order valence-corrected chi connectivity index (χ3v) is 11.4. The highest BCUT2D eigenvalue weighted by atomic mass is 32.1. The average molecular weight is 680 g/mol. The summed E-state index contributed by atoms with van der Waals surface area (Å²) in [6.45, 7) is 0. The third-order valence-electron chi connectivity index (χ3n) is 10.4. The van der Waals surface area contributed by atoms with Crippen LogP contribution in [0.25, 0.3) is 103 Å². The lowest BCUT2D eigenvalue weighted by Crippen LogP contribution is -1.97. The zero-order chi connectivity index (χ0) is 34.2. The molecule has 0 unspecified atom stereocenters. The first-order chi connectivity index (χ1) is 25.7. The van der Waals surface area contributed by atoms with Crippen LogP contribution in [0.5, 0.6) is 0 Å². The van der Waals surface area contributed by atoms with Gasteiger partial charge in [0.15, 0.2) is 0 Å². The molecule has 8 aromatic carbocycles. The van der Waals surface area contributed by atoms with E-state index in [2.05, 4.69) is 180 Å². The number of benzene rings is 8. The minimum absolute atomic E-state index is 0.882. The highest BCUT2D eigenvalue weighted by Crippen LogP contribution is 2.41. The minimum atomic E-state index is 0.882. The van der Waals surface area contributed by atoms with Crippen molar-refractivity contribution in [1.82, 2.24) is 14.5 Å². The lowest BCUT2D eigenvalue weighted by atomic mass is 10.0. The van der Waals surface area contributed by atoms with Gasteiger partial charge in [-0.15, -0.1) is 11.3 Å². The number of aromatic nitrogens is 3. The summed E-state index contributed by atoms with van der Waals surface area (Å²) < 4.78 is 3.57. The molecule has 11 aromatic rings. The van der Waals surface area contributed by atoms with Crippen LogP contribution in [0.3, 0.4) is 0 Å². The average Bonchev–Trinajstić information content (AvgIpc) is 3.73. The molecule has 0 fully saturated rings. The molecule has 0 N–H and O–H groups in total. The molecule has 242 valence electrons. The fraction of sp³-hybridized carbons (Fsp3) is 0. The monoisotopic (exact) mass is 679 g/mol. The van der Waals surface area contributed by atoms with Crippen LogP contribution >= 0.6 is 11.3 Å². The number of nitrogens with zero attached hydrogens (tertiary/aromatic N) is 3. The predicted molar refractivity (Wildman–Crippen MR) is 221 cm³/mol. The first kappa shape index (κ1) is 29.1. The summed E-state index contributed by atoms with van der Waals surface area (Å²) in [5.41, 5.74) is 10.7. The van der Waals surface area contributed by atoms with Gasteiger partial charge >= 0.3 is 0 Å². The number of rotatable bonds is 4. The van der Waals surface area contributed by atoms with E-state index in [0.29, 0.717) is 0 Å². The van der Waals surface area contributed by atoms with Gasteiger partial charge in [-0.1, -0.05) is 133 Å². The maximum atomic E-state index is 5.44. The van der Waals surface area contributed by atoms with Crippen molar-refractivity contribution in [3.63, 3.8) is 0 Å². The van der Waals surface area contributed by atoms with Crippen molar-refractivity contribution in [1.29, 1.82) is 0 Å². The van der Waals surface area contributed by atoms with E-state index in [4.69, 9.17) is 9.97 Å². The van der Waals surface area contributed by atoms with E-state index in [1.165, 1.54) is 59.2 Å². The van der Waals surface area contributed by atoms with Crippen LogP contribution in [0, 0.1) is 0 Å². The standard InChI is InChI=1S/C48H29N3S/c1-2-12-31(13-3-1)45-46(50-48-47(49-45)40-24-23-36(29-44(40)52-48)35-22-21-30-11-4-5-14-32(30)25-35)37-17-10-18-38(26-37)51-42-20-9-8-19-39(42)41-27-33-15-6-7-16-34(33)28-43(41)51/h1-29H. The molecule has 0 aliphatic heterocycles. The normalized spacial score (nSPS) is 11.8. The largest absolute Gasteiger partial charge is 0.309 e. The van der Waals surface area contributed by atoms with Crippen LogP contribution in [-0.4, -0.2) is 14.5 Å². The van der Waals surface area contributed by atoms with Crippen LogP contribution in [0.1, 0.15) is 0 Å². The second kappa shape index (κ2) is 11.5. The van der Waals surface area contributed by atoms with E-state index in [9.17, 15) is 0 Å². The summed E-state index contributed by atoms with van der Waals surface area (Å²) >= 11 is 1.71. The maximum Gasteiger partial charge on any atom is 0.143 e. The fourth-order valence-corrected chi connectivity index (χ4v) is 8.90. The highest BCUT2D eigenvalue weighted by molar-refractivity contribution is 7.25. The van der Waals surface area contributed by atoms with Gasteiger partial charge in [0, 0.05) is 37.7 Å². The minimum Gasteiger partial charge on any atom is -0.309 e. The Labute approximate surface area is 303 Å². The van der Waals surface area contributed by atoms with Crippen molar-refractivity contribution < 1.29 is 0 Å². The molecule has 0 amide bonds. The van der Waals surface area contributed by atoms with Crippen molar-refractivity contribution in [2.24, 2.45) is 0 Å². The maximum absolute atomic E-state index is 5.44. The van der Waals surface area contributed by atoms with Gasteiger partial charge in [0.1, 0.15) is 10.3 Å². The zero-order valence-corrected chi connectivity index (χ0v) is 28.8. The van der Waals surface area contributed by atoms with E-state index in [-0.39, 0.29) is 0 Å². The highest BCUT2D eigenvalue weighted by Gasteiger charge is 2.19. The predicted octanol–water partition coefficient (Wildman–Crippen LogP) is 13.2. The molecule has 0 spiro atoms. The van der Waals surface area contributed by atoms with Crippen LogP contribution in [0.4, 0.5) is 0 Å². The van der Waals surface area contributed by atoms with Gasteiger partial charge in [-0.3, -0.25) is 0 Å². The smallest absolute Gasteiger partial charge is 0.143 e. The number of hydrogen-bond donors (Lipinski definition) is 0. The Hall–Kier alpha value is -6.62. The number of thiophene rings is 1. The quantitative estimate of drug-likeness (QED) is 0.185. The van der Waals surface area contributed by atoms with Crippen molar-refractivity contribution in [3.05, 3.63) is 176 Å². The third kappa shape index (κ3) is 4.58. The topological polar surface area (TPSA) is 30.7 Å². The van der Waals surface area contributed by atoms with Gasteiger partial charge in [-0.25, -0.2) is 9.97 Å². The van der Waals surface area contributed by atoms with Crippen molar-refractivity contribution in [2.75, 3.05) is 0 Å². The SMILES string of the molecule is c1ccc(-c2nc3c(nc2-c2cccc(-n4c5ccccc5c5cc6ccccc6cc54)c2)sc2cc(-c4ccc5ccccc5c4)ccc23)cc1. The van der Waals surface area contributed by atoms with Crippen molar-refractivity contribution in [3.8, 4) is 39.3 Å². The molecule has 0 saturated carbocycles. The van der Waals surface area contributed by atoms with Gasteiger partial charge in [0.05, 0.1) is 22.4 Å². The van der Waals surface area contributed by atoms with Crippen LogP contribution in [-0.2, 0) is 0 Å². The molecular formula is C48H29N3S. The summed E-state index contributed by atoms with van der Waals surface area (Å²) in [5, 5.41) is 8.59. The molecule has 0 radical (unpaired) electrons. The molecule has 3 aromatic heterocycles. The number of fused-ring (bicyclic) bond motifs is 8.